The zero-order valence-corrected chi connectivity index (χ0v) is 8.01. The first-order chi connectivity index (χ1) is 5.68. The fraction of sp³-hybridized carbons (Fsp3) is 0.125. The first-order valence-corrected chi connectivity index (χ1v) is 3.66. The Kier molecular flexibility index (Phi) is 2.34. The largest absolute Gasteiger partial charge is 0.399 e. The zero-order valence-electron chi connectivity index (χ0n) is 7.19. The van der Waals surface area contributed by atoms with Crippen molar-refractivity contribution in [3.63, 3.8) is 0 Å². The molecule has 70 valence electrons. The number of anilines is 2. The van der Waals surface area contributed by atoms with Gasteiger partial charge in [-0.15, -0.1) is 12.4 Å². The number of rotatable bonds is 0. The van der Waals surface area contributed by atoms with Crippen molar-refractivity contribution in [3.05, 3.63) is 18.2 Å². The average Bonchev–Trinajstić information content (AvgIpc) is 2.28. The molecule has 0 atom stereocenters. The Morgan fingerprint density at radius 3 is 2.69 bits per heavy atom. The number of benzene rings is 1. The molecular formula is C8H11ClN4. The van der Waals surface area contributed by atoms with E-state index in [0.29, 0.717) is 11.6 Å². The molecule has 2 aromatic rings. The number of aryl methyl sites for hydroxylation is 1. The van der Waals surface area contributed by atoms with Crippen LogP contribution in [0.2, 0.25) is 0 Å². The lowest BCUT2D eigenvalue weighted by atomic mass is 10.3. The van der Waals surface area contributed by atoms with E-state index in [0.717, 1.165) is 11.0 Å². The molecule has 2 rings (SSSR count). The van der Waals surface area contributed by atoms with Crippen molar-refractivity contribution in [3.8, 4) is 0 Å². The van der Waals surface area contributed by atoms with Gasteiger partial charge in [0.2, 0.25) is 5.95 Å². The number of nitrogens with zero attached hydrogens (tertiary/aromatic N) is 2. The Labute approximate surface area is 81.9 Å². The maximum atomic E-state index is 5.61. The van der Waals surface area contributed by atoms with Crippen LogP contribution in [-0.2, 0) is 7.05 Å². The van der Waals surface area contributed by atoms with E-state index in [9.17, 15) is 0 Å². The van der Waals surface area contributed by atoms with Crippen molar-refractivity contribution in [2.24, 2.45) is 7.05 Å². The lowest BCUT2D eigenvalue weighted by Gasteiger charge is -1.95. The Hall–Kier alpha value is -1.42. The second-order valence-corrected chi connectivity index (χ2v) is 2.78. The van der Waals surface area contributed by atoms with Gasteiger partial charge < -0.3 is 16.0 Å². The van der Waals surface area contributed by atoms with E-state index >= 15 is 0 Å². The number of hydrogen-bond acceptors (Lipinski definition) is 3. The lowest BCUT2D eigenvalue weighted by molar-refractivity contribution is 0.965. The number of nitrogen functional groups attached to an aromatic ring is 2. The summed E-state index contributed by atoms with van der Waals surface area (Å²) in [6, 6.07) is 5.56. The standard InChI is InChI=1S/C8H10N4.ClH/c1-12-7-3-2-5(9)4-6(7)11-8(12)10;/h2-4H,9H2,1H3,(H2,10,11);1H. The molecule has 0 aliphatic heterocycles. The monoisotopic (exact) mass is 198 g/mol. The molecule has 1 heterocycles. The summed E-state index contributed by atoms with van der Waals surface area (Å²) in [4.78, 5) is 4.13. The van der Waals surface area contributed by atoms with E-state index in [1.807, 2.05) is 29.8 Å². The van der Waals surface area contributed by atoms with Gasteiger partial charge in [0.15, 0.2) is 0 Å². The van der Waals surface area contributed by atoms with E-state index < -0.39 is 0 Å². The van der Waals surface area contributed by atoms with Crippen LogP contribution in [-0.4, -0.2) is 9.55 Å². The van der Waals surface area contributed by atoms with Crippen LogP contribution in [0.5, 0.6) is 0 Å². The predicted octanol–water partition coefficient (Wildman–Crippen LogP) is 1.16. The maximum Gasteiger partial charge on any atom is 0.200 e. The van der Waals surface area contributed by atoms with Crippen LogP contribution in [0, 0.1) is 0 Å². The van der Waals surface area contributed by atoms with Gasteiger partial charge in [-0.05, 0) is 18.2 Å². The minimum atomic E-state index is 0. The zero-order chi connectivity index (χ0) is 8.72. The highest BCUT2D eigenvalue weighted by Gasteiger charge is 2.03. The molecule has 0 radical (unpaired) electrons. The van der Waals surface area contributed by atoms with E-state index in [-0.39, 0.29) is 12.4 Å². The molecule has 0 spiro atoms. The smallest absolute Gasteiger partial charge is 0.200 e. The third-order valence-electron chi connectivity index (χ3n) is 1.94. The number of fused-ring (bicyclic) bond motifs is 1. The van der Waals surface area contributed by atoms with E-state index in [1.54, 1.807) is 0 Å². The first kappa shape index (κ1) is 9.67. The van der Waals surface area contributed by atoms with Gasteiger partial charge in [0.05, 0.1) is 11.0 Å². The third-order valence-corrected chi connectivity index (χ3v) is 1.94. The number of imidazole rings is 1. The van der Waals surface area contributed by atoms with E-state index in [1.165, 1.54) is 0 Å². The molecule has 13 heavy (non-hydrogen) atoms. The first-order valence-electron chi connectivity index (χ1n) is 3.66. The Morgan fingerprint density at radius 2 is 2.00 bits per heavy atom. The highest BCUT2D eigenvalue weighted by molar-refractivity contribution is 5.85. The lowest BCUT2D eigenvalue weighted by Crippen LogP contribution is -1.95. The van der Waals surface area contributed by atoms with Crippen LogP contribution in [0.15, 0.2) is 18.2 Å². The van der Waals surface area contributed by atoms with Gasteiger partial charge in [0, 0.05) is 12.7 Å². The molecule has 4 N–H and O–H groups in total. The molecule has 0 saturated carbocycles. The van der Waals surface area contributed by atoms with Crippen LogP contribution in [0.4, 0.5) is 11.6 Å². The Bertz CT molecular complexity index is 435. The summed E-state index contributed by atoms with van der Waals surface area (Å²) in [6.45, 7) is 0. The second-order valence-electron chi connectivity index (χ2n) is 2.78. The summed E-state index contributed by atoms with van der Waals surface area (Å²) in [5.41, 5.74) is 13.8. The topological polar surface area (TPSA) is 69.9 Å². The van der Waals surface area contributed by atoms with E-state index in [4.69, 9.17) is 11.5 Å². The Morgan fingerprint density at radius 1 is 1.31 bits per heavy atom. The summed E-state index contributed by atoms with van der Waals surface area (Å²) < 4.78 is 1.83. The fourth-order valence-corrected chi connectivity index (χ4v) is 1.24. The van der Waals surface area contributed by atoms with Gasteiger partial charge in [-0.3, -0.25) is 0 Å². The molecule has 1 aromatic carbocycles. The summed E-state index contributed by atoms with van der Waals surface area (Å²) in [7, 11) is 1.88. The Balaban J connectivity index is 0.000000845. The fourth-order valence-electron chi connectivity index (χ4n) is 1.24. The van der Waals surface area contributed by atoms with Crippen molar-refractivity contribution in [2.75, 3.05) is 11.5 Å². The van der Waals surface area contributed by atoms with Gasteiger partial charge in [-0.25, -0.2) is 4.98 Å². The molecular weight excluding hydrogens is 188 g/mol. The quantitative estimate of drug-likeness (QED) is 0.625. The van der Waals surface area contributed by atoms with Gasteiger partial charge in [-0.2, -0.15) is 0 Å². The molecule has 0 aliphatic carbocycles. The molecule has 0 fully saturated rings. The summed E-state index contributed by atoms with van der Waals surface area (Å²) in [6.07, 6.45) is 0. The summed E-state index contributed by atoms with van der Waals surface area (Å²) >= 11 is 0. The predicted molar refractivity (Wildman–Crippen MR) is 56.8 cm³/mol. The van der Waals surface area contributed by atoms with Crippen LogP contribution >= 0.6 is 12.4 Å². The number of nitrogens with two attached hydrogens (primary N) is 2. The van der Waals surface area contributed by atoms with Gasteiger partial charge in [-0.1, -0.05) is 0 Å². The third kappa shape index (κ3) is 1.40. The van der Waals surface area contributed by atoms with Crippen molar-refractivity contribution < 1.29 is 0 Å². The summed E-state index contributed by atoms with van der Waals surface area (Å²) in [5.74, 6) is 0.510. The van der Waals surface area contributed by atoms with Crippen molar-refractivity contribution in [1.82, 2.24) is 9.55 Å². The minimum absolute atomic E-state index is 0. The van der Waals surface area contributed by atoms with Gasteiger partial charge in [0.1, 0.15) is 0 Å². The van der Waals surface area contributed by atoms with Crippen LogP contribution in [0.1, 0.15) is 0 Å². The van der Waals surface area contributed by atoms with Crippen molar-refractivity contribution in [2.45, 2.75) is 0 Å². The number of aromatic nitrogens is 2. The van der Waals surface area contributed by atoms with Crippen LogP contribution in [0.3, 0.4) is 0 Å². The molecule has 5 heteroatoms. The highest BCUT2D eigenvalue weighted by atomic mass is 35.5. The number of hydrogen-bond donors (Lipinski definition) is 2. The SMILES string of the molecule is Cl.Cn1c(N)nc2cc(N)ccc21. The van der Waals surface area contributed by atoms with Crippen molar-refractivity contribution in [1.29, 1.82) is 0 Å². The maximum absolute atomic E-state index is 5.61. The second kappa shape index (κ2) is 3.14. The molecule has 0 aliphatic rings. The minimum Gasteiger partial charge on any atom is -0.399 e. The molecule has 0 saturated heterocycles. The van der Waals surface area contributed by atoms with Crippen LogP contribution in [0.25, 0.3) is 11.0 Å². The molecule has 0 bridgehead atoms. The van der Waals surface area contributed by atoms with E-state index in [2.05, 4.69) is 4.98 Å². The molecule has 0 unspecified atom stereocenters. The van der Waals surface area contributed by atoms with Gasteiger partial charge >= 0.3 is 0 Å². The normalized spacial score (nSPS) is 9.92. The summed E-state index contributed by atoms with van der Waals surface area (Å²) in [5, 5.41) is 0. The van der Waals surface area contributed by atoms with Gasteiger partial charge in [0.25, 0.3) is 0 Å². The van der Waals surface area contributed by atoms with Crippen LogP contribution < -0.4 is 11.5 Å². The molecule has 0 amide bonds. The molecule has 4 nitrogen and oxygen atoms in total. The molecule has 1 aromatic heterocycles. The highest BCUT2D eigenvalue weighted by Crippen LogP contribution is 2.18. The number of halogens is 1. The van der Waals surface area contributed by atoms with Crippen molar-refractivity contribution >= 4 is 35.1 Å². The average molecular weight is 199 g/mol.